The van der Waals surface area contributed by atoms with E-state index in [1.165, 1.54) is 23.4 Å². The molecule has 1 amide bonds. The number of H-pyrrole nitrogens is 1. The summed E-state index contributed by atoms with van der Waals surface area (Å²) < 4.78 is 85.6. The first-order valence-electron chi connectivity index (χ1n) is 23.5. The predicted molar refractivity (Wildman–Crippen MR) is 252 cm³/mol. The molecule has 20 heteroatoms. The van der Waals surface area contributed by atoms with Crippen molar-refractivity contribution >= 4 is 44.2 Å². The maximum absolute atomic E-state index is 14.6. The molecule has 69 heavy (non-hydrogen) atoms. The van der Waals surface area contributed by atoms with Gasteiger partial charge in [0, 0.05) is 61.6 Å². The molecule has 368 valence electrons. The van der Waals surface area contributed by atoms with Gasteiger partial charge in [0.2, 0.25) is 5.82 Å². The van der Waals surface area contributed by atoms with E-state index >= 15 is 0 Å². The summed E-state index contributed by atoms with van der Waals surface area (Å²) in [6, 6.07) is 17.5. The van der Waals surface area contributed by atoms with Crippen molar-refractivity contribution in [2.45, 2.75) is 107 Å². The van der Waals surface area contributed by atoms with E-state index in [-0.39, 0.29) is 47.0 Å². The third-order valence-corrected chi connectivity index (χ3v) is 16.0. The molecule has 16 nitrogen and oxygen atoms in total. The highest BCUT2D eigenvalue weighted by Gasteiger charge is 2.50. The zero-order valence-electron chi connectivity index (χ0n) is 38.7. The number of nitrogens with zero attached hydrogens (tertiary/aromatic N) is 5. The van der Waals surface area contributed by atoms with Crippen molar-refractivity contribution in [2.24, 2.45) is 11.3 Å². The Morgan fingerprint density at radius 1 is 1.06 bits per heavy atom. The lowest BCUT2D eigenvalue weighted by Gasteiger charge is -2.57. The number of halogens is 3. The van der Waals surface area contributed by atoms with Gasteiger partial charge in [0.25, 0.3) is 15.9 Å². The summed E-state index contributed by atoms with van der Waals surface area (Å²) in [7, 11) is -5.47. The van der Waals surface area contributed by atoms with Crippen LogP contribution in [-0.4, -0.2) is 95.2 Å². The van der Waals surface area contributed by atoms with Crippen LogP contribution in [0.15, 0.2) is 78.0 Å². The van der Waals surface area contributed by atoms with E-state index in [0.29, 0.717) is 80.7 Å². The van der Waals surface area contributed by atoms with Crippen LogP contribution in [0.25, 0.3) is 11.0 Å². The molecule has 1 spiro atoms. The van der Waals surface area contributed by atoms with Crippen LogP contribution >= 0.6 is 0 Å². The Labute approximate surface area is 398 Å². The number of ether oxygens (including phenoxy) is 2. The normalized spacial score (nSPS) is 22.4. The number of hydrogen-bond donors (Lipinski definition) is 4. The number of carbonyl (C=O) groups is 1. The minimum absolute atomic E-state index is 0.00204. The fourth-order valence-corrected chi connectivity index (χ4v) is 11.9. The molecule has 0 radical (unpaired) electrons. The number of amides is 1. The van der Waals surface area contributed by atoms with Crippen LogP contribution in [0, 0.1) is 21.4 Å². The number of pyridine rings is 2. The lowest BCUT2D eigenvalue weighted by atomic mass is 9.59. The van der Waals surface area contributed by atoms with Crippen LogP contribution in [0.4, 0.5) is 30.4 Å². The molecule has 2 aliphatic heterocycles. The van der Waals surface area contributed by atoms with Gasteiger partial charge in [0.1, 0.15) is 22.0 Å². The number of aliphatic hydroxyl groups is 1. The van der Waals surface area contributed by atoms with Gasteiger partial charge in [-0.1, -0.05) is 38.1 Å². The molecular formula is C49H57F3N8O8S. The van der Waals surface area contributed by atoms with Gasteiger partial charge in [-0.05, 0) is 111 Å². The molecule has 0 bridgehead atoms. The highest BCUT2D eigenvalue weighted by atomic mass is 32.2. The van der Waals surface area contributed by atoms with Gasteiger partial charge >= 0.3 is 11.9 Å². The van der Waals surface area contributed by atoms with Crippen molar-refractivity contribution in [3.8, 4) is 11.5 Å². The molecule has 4 aliphatic rings. The van der Waals surface area contributed by atoms with Crippen molar-refractivity contribution in [2.75, 3.05) is 49.6 Å². The van der Waals surface area contributed by atoms with Gasteiger partial charge < -0.3 is 29.8 Å². The summed E-state index contributed by atoms with van der Waals surface area (Å²) >= 11 is 0. The number of nitro groups is 1. The van der Waals surface area contributed by atoms with E-state index in [1.54, 1.807) is 42.1 Å². The van der Waals surface area contributed by atoms with Crippen LogP contribution in [0.5, 0.6) is 11.5 Å². The fourth-order valence-electron chi connectivity index (χ4n) is 10.7. The zero-order valence-corrected chi connectivity index (χ0v) is 39.5. The number of benzene rings is 2. The number of alkyl halides is 3. The van der Waals surface area contributed by atoms with Crippen LogP contribution in [-0.2, 0) is 20.9 Å². The molecule has 5 heterocycles. The number of sulfonamides is 1. The average molecular weight is 975 g/mol. The molecule has 3 aromatic heterocycles. The monoisotopic (exact) mass is 974 g/mol. The molecular weight excluding hydrogens is 918 g/mol. The second-order valence-electron chi connectivity index (χ2n) is 19.7. The summed E-state index contributed by atoms with van der Waals surface area (Å²) in [5.74, 6) is -1.75. The van der Waals surface area contributed by atoms with Crippen molar-refractivity contribution < 1.29 is 45.9 Å². The van der Waals surface area contributed by atoms with Crippen LogP contribution in [0.1, 0.15) is 111 Å². The SMILES string of the molecule is CC(C)c1ccccc1[C@@H]1COCCN1C1CC2(CCN(c3ccc(C(=O)NS(=O)(=O)c4cc([N+](=O)[O-])c(NCC5CCC(C)(O)CC5)nc4C(F)(F)F)c(Oc4cnc5[nH]ccc5c4)c3)CC2)C1. The summed E-state index contributed by atoms with van der Waals surface area (Å²) in [6.45, 7) is 9.75. The van der Waals surface area contributed by atoms with E-state index in [1.807, 2.05) is 0 Å². The zero-order chi connectivity index (χ0) is 48.9. The molecule has 2 aromatic carbocycles. The molecule has 5 aromatic rings. The molecule has 2 saturated carbocycles. The Morgan fingerprint density at radius 2 is 1.80 bits per heavy atom. The topological polar surface area (TPSA) is 205 Å². The van der Waals surface area contributed by atoms with Gasteiger partial charge in [-0.25, -0.2) is 23.1 Å². The van der Waals surface area contributed by atoms with E-state index in [4.69, 9.17) is 9.47 Å². The summed E-state index contributed by atoms with van der Waals surface area (Å²) in [5, 5.41) is 25.8. The van der Waals surface area contributed by atoms with Gasteiger partial charge in [0.15, 0.2) is 5.69 Å². The van der Waals surface area contributed by atoms with E-state index in [2.05, 4.69) is 68.2 Å². The lowest BCUT2D eigenvalue weighted by molar-refractivity contribution is -0.384. The molecule has 2 saturated heterocycles. The van der Waals surface area contributed by atoms with Gasteiger partial charge in [-0.15, -0.1) is 0 Å². The minimum Gasteiger partial charge on any atom is -0.455 e. The second-order valence-corrected chi connectivity index (χ2v) is 21.4. The first-order chi connectivity index (χ1) is 32.8. The first-order valence-corrected chi connectivity index (χ1v) is 25.0. The Hall–Kier alpha value is -5.83. The standard InChI is InChI=1S/C49H57F3N8O8S/c1-30(2)36-6-4-5-7-37(36)40-29-67-21-20-59(40)34-25-48(26-34)15-18-58(19-16-48)33-8-9-38(41(23-33)68-35-22-32-12-17-53-44(32)55-28-35)46(61)57-69(65,66)42-24-39(60(63)64)45(56-43(42)49(50,51)52)54-27-31-10-13-47(3,62)14-11-31/h4-9,12,17,22-24,28,30-31,34,40,62H,10-11,13-16,18-21,25-27,29H2,1-3H3,(H,53,55)(H,54,56)(H,57,61)/t31?,40-,47?/m0/s1. The van der Waals surface area contributed by atoms with E-state index in [0.717, 1.165) is 32.2 Å². The van der Waals surface area contributed by atoms with Crippen LogP contribution < -0.4 is 19.7 Å². The maximum Gasteiger partial charge on any atom is 0.434 e. The highest BCUT2D eigenvalue weighted by molar-refractivity contribution is 7.90. The average Bonchev–Trinajstić information content (AvgIpc) is 3.78. The molecule has 1 atom stereocenters. The van der Waals surface area contributed by atoms with Crippen molar-refractivity contribution in [1.82, 2.24) is 24.6 Å². The number of aromatic nitrogens is 3. The van der Waals surface area contributed by atoms with Gasteiger partial charge in [-0.2, -0.15) is 13.2 Å². The van der Waals surface area contributed by atoms with Crippen LogP contribution in [0.3, 0.4) is 0 Å². The summed E-state index contributed by atoms with van der Waals surface area (Å²) in [6.07, 6.45) is 3.55. The van der Waals surface area contributed by atoms with E-state index < -0.39 is 54.7 Å². The fraction of sp³-hybridized carbons (Fsp3) is 0.490. The third kappa shape index (κ3) is 10.3. The predicted octanol–water partition coefficient (Wildman–Crippen LogP) is 9.09. The number of nitrogens with one attached hydrogen (secondary N) is 3. The summed E-state index contributed by atoms with van der Waals surface area (Å²) in [4.78, 5) is 39.2. The highest BCUT2D eigenvalue weighted by Crippen LogP contribution is 2.53. The van der Waals surface area contributed by atoms with E-state index in [9.17, 15) is 41.6 Å². The maximum atomic E-state index is 14.6. The minimum atomic E-state index is -5.47. The Morgan fingerprint density at radius 3 is 2.51 bits per heavy atom. The lowest BCUT2D eigenvalue weighted by Crippen LogP contribution is -2.58. The molecule has 4 N–H and O–H groups in total. The number of morpholine rings is 1. The molecule has 4 fully saturated rings. The van der Waals surface area contributed by atoms with Gasteiger partial charge in [-0.3, -0.25) is 19.8 Å². The molecule has 2 aliphatic carbocycles. The molecule has 0 unspecified atom stereocenters. The van der Waals surface area contributed by atoms with Crippen molar-refractivity contribution in [3.63, 3.8) is 0 Å². The Balaban J connectivity index is 0.940. The van der Waals surface area contributed by atoms with Crippen molar-refractivity contribution in [1.29, 1.82) is 0 Å². The summed E-state index contributed by atoms with van der Waals surface area (Å²) in [5.41, 5.74) is -0.0950. The second kappa shape index (κ2) is 18.8. The number of fused-ring (bicyclic) bond motifs is 1. The number of piperidine rings is 1. The Bertz CT molecular complexity index is 2830. The number of anilines is 2. The van der Waals surface area contributed by atoms with Gasteiger partial charge in [0.05, 0.1) is 41.5 Å². The number of hydrogen-bond acceptors (Lipinski definition) is 13. The largest absolute Gasteiger partial charge is 0.455 e. The number of carbonyl (C=O) groups excluding carboxylic acids is 1. The molecule has 9 rings (SSSR count). The smallest absolute Gasteiger partial charge is 0.434 e. The third-order valence-electron chi connectivity index (χ3n) is 14.6. The quantitative estimate of drug-likeness (QED) is 0.0643. The number of rotatable bonds is 13. The van der Waals surface area contributed by atoms with Crippen molar-refractivity contribution in [3.05, 3.63) is 106 Å². The number of aromatic amines is 1. The Kier molecular flexibility index (Phi) is 13.1. The van der Waals surface area contributed by atoms with Crippen LogP contribution in [0.2, 0.25) is 0 Å². The first kappa shape index (κ1) is 48.2.